The molecule has 0 unspecified atom stereocenters. The monoisotopic (exact) mass is 316 g/mol. The van der Waals surface area contributed by atoms with E-state index in [1.165, 1.54) is 6.33 Å². The van der Waals surface area contributed by atoms with E-state index in [1.54, 1.807) is 31.8 Å². The molecule has 1 N–H and O–H groups in total. The Hall–Kier alpha value is -2.41. The molecule has 0 aliphatic carbocycles. The van der Waals surface area contributed by atoms with Gasteiger partial charge >= 0.3 is 0 Å². The van der Waals surface area contributed by atoms with Gasteiger partial charge in [0.25, 0.3) is 0 Å². The van der Waals surface area contributed by atoms with Crippen LogP contribution in [0.3, 0.4) is 0 Å². The maximum atomic E-state index is 5.39. The van der Waals surface area contributed by atoms with Crippen LogP contribution in [0.25, 0.3) is 10.9 Å². The molecule has 114 valence electrons. The maximum Gasteiger partial charge on any atom is 0.148 e. The van der Waals surface area contributed by atoms with Gasteiger partial charge in [0.2, 0.25) is 0 Å². The van der Waals surface area contributed by atoms with Gasteiger partial charge in [-0.15, -0.1) is 11.3 Å². The molecule has 0 saturated heterocycles. The molecule has 0 aliphatic rings. The van der Waals surface area contributed by atoms with Gasteiger partial charge in [-0.1, -0.05) is 0 Å². The van der Waals surface area contributed by atoms with Crippen LogP contribution in [0.15, 0.2) is 30.0 Å². The van der Waals surface area contributed by atoms with Gasteiger partial charge in [-0.3, -0.25) is 0 Å². The number of benzene rings is 1. The number of methoxy groups -OCH3 is 2. The first kappa shape index (κ1) is 14.5. The molecule has 2 heterocycles. The fourth-order valence-electron chi connectivity index (χ4n) is 2.21. The summed E-state index contributed by atoms with van der Waals surface area (Å²) >= 11 is 1.60. The number of nitrogens with zero attached hydrogens (tertiary/aromatic N) is 3. The summed E-state index contributed by atoms with van der Waals surface area (Å²) in [4.78, 5) is 13.0. The van der Waals surface area contributed by atoms with Crippen LogP contribution in [-0.4, -0.2) is 29.2 Å². The Morgan fingerprint density at radius 2 is 2.00 bits per heavy atom. The van der Waals surface area contributed by atoms with Crippen molar-refractivity contribution in [1.29, 1.82) is 0 Å². The number of anilines is 1. The summed E-state index contributed by atoms with van der Waals surface area (Å²) in [6.07, 6.45) is 3.32. The van der Waals surface area contributed by atoms with Gasteiger partial charge in [-0.25, -0.2) is 15.0 Å². The lowest BCUT2D eigenvalue weighted by atomic mass is 10.2. The second-order valence-corrected chi connectivity index (χ2v) is 5.61. The third kappa shape index (κ3) is 2.67. The molecule has 0 spiro atoms. The highest BCUT2D eigenvalue weighted by molar-refractivity contribution is 7.09. The summed E-state index contributed by atoms with van der Waals surface area (Å²) in [5, 5.41) is 7.18. The summed E-state index contributed by atoms with van der Waals surface area (Å²) in [7, 11) is 3.23. The SMILES string of the molecule is COc1cc(OC)c2ncnc(N[C@@H](C)c3nccs3)c2c1. The number of nitrogens with one attached hydrogen (secondary N) is 1. The Morgan fingerprint density at radius 3 is 2.68 bits per heavy atom. The first-order chi connectivity index (χ1) is 10.7. The number of rotatable bonds is 5. The molecule has 7 heteroatoms. The second-order valence-electron chi connectivity index (χ2n) is 4.68. The van der Waals surface area contributed by atoms with Crippen molar-refractivity contribution in [3.8, 4) is 11.5 Å². The number of hydrogen-bond donors (Lipinski definition) is 1. The van der Waals surface area contributed by atoms with E-state index in [4.69, 9.17) is 9.47 Å². The molecule has 0 aliphatic heterocycles. The normalized spacial score (nSPS) is 12.1. The lowest BCUT2D eigenvalue weighted by Gasteiger charge is -2.15. The van der Waals surface area contributed by atoms with Crippen LogP contribution >= 0.6 is 11.3 Å². The van der Waals surface area contributed by atoms with Crippen molar-refractivity contribution in [1.82, 2.24) is 15.0 Å². The van der Waals surface area contributed by atoms with Crippen LogP contribution in [0.2, 0.25) is 0 Å². The lowest BCUT2D eigenvalue weighted by molar-refractivity contribution is 0.397. The largest absolute Gasteiger partial charge is 0.497 e. The van der Waals surface area contributed by atoms with Gasteiger partial charge in [0.1, 0.15) is 34.2 Å². The van der Waals surface area contributed by atoms with E-state index in [9.17, 15) is 0 Å². The van der Waals surface area contributed by atoms with Crippen molar-refractivity contribution < 1.29 is 9.47 Å². The van der Waals surface area contributed by atoms with Crippen molar-refractivity contribution in [3.05, 3.63) is 35.0 Å². The van der Waals surface area contributed by atoms with Gasteiger partial charge in [0, 0.05) is 17.6 Å². The van der Waals surface area contributed by atoms with Crippen molar-refractivity contribution in [2.45, 2.75) is 13.0 Å². The molecule has 6 nitrogen and oxygen atoms in total. The van der Waals surface area contributed by atoms with Gasteiger partial charge in [-0.2, -0.15) is 0 Å². The standard InChI is InChI=1S/C15H16N4O2S/c1-9(15-16-4-5-22-15)19-14-11-6-10(20-2)7-12(21-3)13(11)17-8-18-14/h4-9H,1-3H3,(H,17,18,19)/t9-/m0/s1. The second kappa shape index (κ2) is 6.15. The lowest BCUT2D eigenvalue weighted by Crippen LogP contribution is -2.08. The molecule has 3 aromatic rings. The number of hydrogen-bond acceptors (Lipinski definition) is 7. The highest BCUT2D eigenvalue weighted by atomic mass is 32.1. The third-order valence-corrected chi connectivity index (χ3v) is 4.27. The molecular formula is C15H16N4O2S. The minimum Gasteiger partial charge on any atom is -0.497 e. The van der Waals surface area contributed by atoms with Crippen LogP contribution < -0.4 is 14.8 Å². The Labute approximate surface area is 132 Å². The number of thiazole rings is 1. The van der Waals surface area contributed by atoms with E-state index in [0.29, 0.717) is 11.5 Å². The molecule has 2 aromatic heterocycles. The summed E-state index contributed by atoms with van der Waals surface area (Å²) in [6.45, 7) is 2.05. The smallest absolute Gasteiger partial charge is 0.148 e. The van der Waals surface area contributed by atoms with Crippen LogP contribution in [0, 0.1) is 0 Å². The Balaban J connectivity index is 2.05. The maximum absolute atomic E-state index is 5.39. The highest BCUT2D eigenvalue weighted by Gasteiger charge is 2.14. The zero-order valence-corrected chi connectivity index (χ0v) is 13.3. The molecule has 0 amide bonds. The molecule has 0 radical (unpaired) electrons. The third-order valence-electron chi connectivity index (χ3n) is 3.31. The van der Waals surface area contributed by atoms with E-state index in [0.717, 1.165) is 21.7 Å². The Kier molecular flexibility index (Phi) is 4.06. The summed E-state index contributed by atoms with van der Waals surface area (Å²) < 4.78 is 10.7. The van der Waals surface area contributed by atoms with Crippen molar-refractivity contribution in [3.63, 3.8) is 0 Å². The minimum atomic E-state index is 0.0512. The van der Waals surface area contributed by atoms with E-state index >= 15 is 0 Å². The van der Waals surface area contributed by atoms with E-state index in [2.05, 4.69) is 20.3 Å². The van der Waals surface area contributed by atoms with Crippen LogP contribution in [0.4, 0.5) is 5.82 Å². The van der Waals surface area contributed by atoms with E-state index in [-0.39, 0.29) is 6.04 Å². The Bertz CT molecular complexity index is 777. The molecule has 1 aromatic carbocycles. The zero-order chi connectivity index (χ0) is 15.5. The zero-order valence-electron chi connectivity index (χ0n) is 12.5. The molecule has 1 atom stereocenters. The fraction of sp³-hybridized carbons (Fsp3) is 0.267. The van der Waals surface area contributed by atoms with Gasteiger partial charge in [-0.05, 0) is 13.0 Å². The van der Waals surface area contributed by atoms with Crippen molar-refractivity contribution in [2.75, 3.05) is 19.5 Å². The number of aromatic nitrogens is 3. The quantitative estimate of drug-likeness (QED) is 0.779. The average Bonchev–Trinajstić information content (AvgIpc) is 3.08. The first-order valence-corrected chi connectivity index (χ1v) is 7.63. The summed E-state index contributed by atoms with van der Waals surface area (Å²) in [5.74, 6) is 2.08. The predicted molar refractivity (Wildman–Crippen MR) is 86.8 cm³/mol. The number of ether oxygens (including phenoxy) is 2. The molecule has 0 fully saturated rings. The van der Waals surface area contributed by atoms with Crippen molar-refractivity contribution in [2.24, 2.45) is 0 Å². The molecule has 0 saturated carbocycles. The average molecular weight is 316 g/mol. The first-order valence-electron chi connectivity index (χ1n) is 6.75. The summed E-state index contributed by atoms with van der Waals surface area (Å²) in [5.41, 5.74) is 0.743. The van der Waals surface area contributed by atoms with Gasteiger partial charge in [0.05, 0.1) is 25.6 Å². The van der Waals surface area contributed by atoms with Crippen LogP contribution in [-0.2, 0) is 0 Å². The van der Waals surface area contributed by atoms with Gasteiger partial charge < -0.3 is 14.8 Å². The van der Waals surface area contributed by atoms with Crippen LogP contribution in [0.5, 0.6) is 11.5 Å². The predicted octanol–water partition coefficient (Wildman–Crippen LogP) is 3.28. The minimum absolute atomic E-state index is 0.0512. The van der Waals surface area contributed by atoms with Gasteiger partial charge in [0.15, 0.2) is 0 Å². The van der Waals surface area contributed by atoms with Crippen LogP contribution in [0.1, 0.15) is 18.0 Å². The fourth-order valence-corrected chi connectivity index (χ4v) is 2.86. The Morgan fingerprint density at radius 1 is 1.14 bits per heavy atom. The molecular weight excluding hydrogens is 300 g/mol. The summed E-state index contributed by atoms with van der Waals surface area (Å²) in [6, 6.07) is 3.76. The molecule has 22 heavy (non-hydrogen) atoms. The van der Waals surface area contributed by atoms with E-state index < -0.39 is 0 Å². The van der Waals surface area contributed by atoms with E-state index in [1.807, 2.05) is 24.4 Å². The number of fused-ring (bicyclic) bond motifs is 1. The molecule has 3 rings (SSSR count). The van der Waals surface area contributed by atoms with Crippen molar-refractivity contribution >= 4 is 28.1 Å². The highest BCUT2D eigenvalue weighted by Crippen LogP contribution is 2.33. The topological polar surface area (TPSA) is 69.2 Å². The molecule has 0 bridgehead atoms.